The quantitative estimate of drug-likeness (QED) is 0.306. The largest absolute Gasteiger partial charge is 0.508 e. The summed E-state index contributed by atoms with van der Waals surface area (Å²) in [6.07, 6.45) is 3.88. The van der Waals surface area contributed by atoms with Gasteiger partial charge in [-0.2, -0.15) is 10.2 Å². The van der Waals surface area contributed by atoms with Gasteiger partial charge in [0.05, 0.1) is 19.0 Å². The first kappa shape index (κ1) is 20.1. The van der Waals surface area contributed by atoms with Crippen molar-refractivity contribution in [2.45, 2.75) is 13.3 Å². The van der Waals surface area contributed by atoms with Gasteiger partial charge < -0.3 is 19.7 Å². The molecule has 2 aromatic rings. The summed E-state index contributed by atoms with van der Waals surface area (Å²) in [6, 6.07) is 11.0. The molecule has 0 aromatic heterocycles. The number of ether oxygens (including phenoxy) is 2. The van der Waals surface area contributed by atoms with Gasteiger partial charge in [-0.25, -0.2) is 4.79 Å². The number of aromatic hydroxyl groups is 2. The molecule has 0 fully saturated rings. The number of carbonyl (C=O) groups excluding carboxylic acids is 1. The molecule has 0 heterocycles. The van der Waals surface area contributed by atoms with Gasteiger partial charge in [-0.15, -0.1) is 0 Å². The van der Waals surface area contributed by atoms with Crippen LogP contribution in [0.2, 0.25) is 0 Å². The Morgan fingerprint density at radius 2 is 1.63 bits per heavy atom. The van der Waals surface area contributed by atoms with Crippen LogP contribution in [0.15, 0.2) is 52.7 Å². The fourth-order valence-corrected chi connectivity index (χ4v) is 2.08. The fourth-order valence-electron chi connectivity index (χ4n) is 2.08. The van der Waals surface area contributed by atoms with Crippen molar-refractivity contribution in [3.05, 3.63) is 59.2 Å². The molecular formula is C20H22N2O5. The topological polar surface area (TPSA) is 101 Å². The van der Waals surface area contributed by atoms with Crippen LogP contribution in [0, 0.1) is 0 Å². The number of rotatable bonds is 9. The second-order valence-electron chi connectivity index (χ2n) is 5.61. The monoisotopic (exact) mass is 370 g/mol. The molecule has 27 heavy (non-hydrogen) atoms. The second-order valence-corrected chi connectivity index (χ2v) is 5.61. The number of esters is 1. The number of carbonyl (C=O) groups is 1. The van der Waals surface area contributed by atoms with Crippen LogP contribution in [0.5, 0.6) is 11.5 Å². The zero-order valence-corrected chi connectivity index (χ0v) is 15.0. The van der Waals surface area contributed by atoms with Crippen molar-refractivity contribution in [1.82, 2.24) is 0 Å². The van der Waals surface area contributed by atoms with E-state index in [4.69, 9.17) is 9.47 Å². The third-order valence-electron chi connectivity index (χ3n) is 3.42. The number of phenols is 2. The minimum atomic E-state index is -0.629. The van der Waals surface area contributed by atoms with Crippen molar-refractivity contribution in [3.8, 4) is 11.5 Å². The van der Waals surface area contributed by atoms with Crippen LogP contribution in [-0.2, 0) is 9.47 Å². The predicted octanol–water partition coefficient (Wildman–Crippen LogP) is 3.13. The van der Waals surface area contributed by atoms with Crippen molar-refractivity contribution in [3.63, 3.8) is 0 Å². The van der Waals surface area contributed by atoms with E-state index >= 15 is 0 Å². The molecule has 0 atom stereocenters. The molecule has 0 aliphatic heterocycles. The first-order valence-electron chi connectivity index (χ1n) is 8.53. The zero-order valence-electron chi connectivity index (χ0n) is 15.0. The predicted molar refractivity (Wildman–Crippen MR) is 103 cm³/mol. The third-order valence-corrected chi connectivity index (χ3v) is 3.42. The minimum Gasteiger partial charge on any atom is -0.508 e. The Labute approximate surface area is 157 Å². The van der Waals surface area contributed by atoms with Crippen molar-refractivity contribution in [2.75, 3.05) is 19.8 Å². The lowest BCUT2D eigenvalue weighted by atomic mass is 10.1. The smallest absolute Gasteiger partial charge is 0.342 e. The molecule has 0 saturated heterocycles. The van der Waals surface area contributed by atoms with Crippen molar-refractivity contribution in [1.29, 1.82) is 0 Å². The Morgan fingerprint density at radius 3 is 2.33 bits per heavy atom. The lowest BCUT2D eigenvalue weighted by Crippen LogP contribution is -2.11. The van der Waals surface area contributed by atoms with Gasteiger partial charge in [0.1, 0.15) is 23.7 Å². The maximum absolute atomic E-state index is 12.1. The molecule has 0 radical (unpaired) electrons. The summed E-state index contributed by atoms with van der Waals surface area (Å²) in [5, 5.41) is 26.9. The van der Waals surface area contributed by atoms with E-state index in [1.54, 1.807) is 30.3 Å². The summed E-state index contributed by atoms with van der Waals surface area (Å²) in [6.45, 7) is 3.03. The summed E-state index contributed by atoms with van der Waals surface area (Å²) in [5.74, 6) is -0.620. The maximum Gasteiger partial charge on any atom is 0.342 e. The highest BCUT2D eigenvalue weighted by molar-refractivity contribution is 5.95. The zero-order chi connectivity index (χ0) is 19.5. The Hall–Kier alpha value is -3.19. The summed E-state index contributed by atoms with van der Waals surface area (Å²) in [5.41, 5.74) is 1.42. The summed E-state index contributed by atoms with van der Waals surface area (Å²) < 4.78 is 10.3. The minimum absolute atomic E-state index is 0.0527. The Morgan fingerprint density at radius 1 is 0.963 bits per heavy atom. The molecule has 0 spiro atoms. The average molecular weight is 370 g/mol. The molecule has 2 N–H and O–H groups in total. The molecule has 0 aliphatic carbocycles. The molecule has 0 amide bonds. The van der Waals surface area contributed by atoms with Crippen molar-refractivity contribution in [2.24, 2.45) is 10.2 Å². The van der Waals surface area contributed by atoms with Gasteiger partial charge in [0, 0.05) is 6.61 Å². The Kier molecular flexibility index (Phi) is 7.99. The molecule has 0 bridgehead atoms. The van der Waals surface area contributed by atoms with E-state index in [0.717, 1.165) is 12.0 Å². The van der Waals surface area contributed by atoms with Crippen LogP contribution in [-0.4, -0.2) is 48.4 Å². The number of nitrogens with zero attached hydrogens (tertiary/aromatic N) is 2. The number of benzene rings is 2. The van der Waals surface area contributed by atoms with Crippen LogP contribution in [0.4, 0.5) is 0 Å². The molecule has 0 saturated carbocycles. The van der Waals surface area contributed by atoms with Gasteiger partial charge in [0.2, 0.25) is 0 Å². The number of phenolic OH excluding ortho intramolecular Hbond substituents is 2. The van der Waals surface area contributed by atoms with Crippen LogP contribution in [0.1, 0.15) is 34.8 Å². The van der Waals surface area contributed by atoms with E-state index in [1.807, 2.05) is 6.92 Å². The van der Waals surface area contributed by atoms with Crippen LogP contribution >= 0.6 is 0 Å². The molecule has 142 valence electrons. The molecule has 2 rings (SSSR count). The van der Waals surface area contributed by atoms with E-state index in [0.29, 0.717) is 18.8 Å². The van der Waals surface area contributed by atoms with Gasteiger partial charge in [0.25, 0.3) is 0 Å². The summed E-state index contributed by atoms with van der Waals surface area (Å²) >= 11 is 0. The van der Waals surface area contributed by atoms with Gasteiger partial charge in [-0.3, -0.25) is 0 Å². The van der Waals surface area contributed by atoms with E-state index in [9.17, 15) is 15.0 Å². The number of hydrogen-bond donors (Lipinski definition) is 2. The third kappa shape index (κ3) is 6.91. The summed E-state index contributed by atoms with van der Waals surface area (Å²) in [7, 11) is 0. The highest BCUT2D eigenvalue weighted by atomic mass is 16.6. The normalized spacial score (nSPS) is 11.3. The van der Waals surface area contributed by atoms with Gasteiger partial charge in [-0.05, 0) is 60.0 Å². The molecule has 0 aliphatic rings. The molecule has 0 unspecified atom stereocenters. The molecule has 2 aromatic carbocycles. The van der Waals surface area contributed by atoms with Crippen molar-refractivity contribution < 1.29 is 24.5 Å². The second kappa shape index (κ2) is 10.7. The highest BCUT2D eigenvalue weighted by Crippen LogP contribution is 2.19. The molecular weight excluding hydrogens is 348 g/mol. The van der Waals surface area contributed by atoms with Crippen LogP contribution in [0.3, 0.4) is 0 Å². The maximum atomic E-state index is 12.1. The first-order valence-corrected chi connectivity index (χ1v) is 8.53. The molecule has 7 nitrogen and oxygen atoms in total. The Balaban J connectivity index is 1.95. The summed E-state index contributed by atoms with van der Waals surface area (Å²) in [4.78, 5) is 12.1. The van der Waals surface area contributed by atoms with Crippen LogP contribution in [0.25, 0.3) is 0 Å². The van der Waals surface area contributed by atoms with Crippen LogP contribution < -0.4 is 0 Å². The van der Waals surface area contributed by atoms with E-state index in [2.05, 4.69) is 10.2 Å². The molecule has 7 heteroatoms. The average Bonchev–Trinajstić information content (AvgIpc) is 2.67. The van der Waals surface area contributed by atoms with Crippen molar-refractivity contribution >= 4 is 18.4 Å². The highest BCUT2D eigenvalue weighted by Gasteiger charge is 2.13. The van der Waals surface area contributed by atoms with E-state index < -0.39 is 5.97 Å². The Bertz CT molecular complexity index is 801. The van der Waals surface area contributed by atoms with Gasteiger partial charge in [0.15, 0.2) is 0 Å². The van der Waals surface area contributed by atoms with E-state index in [1.165, 1.54) is 24.6 Å². The standard InChI is InChI=1S/C20H22N2O5/c1-2-9-26-10-11-27-20(25)18-12-16(5-8-19(18)24)14-22-21-13-15-3-6-17(23)7-4-15/h3-8,12-14,23-24H,2,9-11H2,1H3. The van der Waals surface area contributed by atoms with Gasteiger partial charge >= 0.3 is 5.97 Å². The van der Waals surface area contributed by atoms with E-state index in [-0.39, 0.29) is 23.7 Å². The SMILES string of the molecule is CCCOCCOC(=O)c1cc(C=NN=Cc2ccc(O)cc2)ccc1O. The van der Waals surface area contributed by atoms with Gasteiger partial charge in [-0.1, -0.05) is 6.92 Å². The fraction of sp³-hybridized carbons (Fsp3) is 0.250. The first-order chi connectivity index (χ1) is 13.1. The lowest BCUT2D eigenvalue weighted by molar-refractivity contribution is 0.0316. The lowest BCUT2D eigenvalue weighted by Gasteiger charge is -2.07. The number of hydrogen-bond acceptors (Lipinski definition) is 7.